The van der Waals surface area contributed by atoms with Crippen LogP contribution in [-0.4, -0.2) is 36.8 Å². The number of benzene rings is 2. The first kappa shape index (κ1) is 20.9. The molecule has 2 aromatic carbocycles. The van der Waals surface area contributed by atoms with Gasteiger partial charge in [-0.05, 0) is 67.5 Å². The lowest BCUT2D eigenvalue weighted by Crippen LogP contribution is -2.35. The number of carbonyl (C=O) groups excluding carboxylic acids is 1. The van der Waals surface area contributed by atoms with Gasteiger partial charge in [0.2, 0.25) is 10.0 Å². The van der Waals surface area contributed by atoms with Crippen LogP contribution in [0.1, 0.15) is 29.6 Å². The van der Waals surface area contributed by atoms with E-state index in [1.807, 2.05) is 6.07 Å². The first-order chi connectivity index (χ1) is 13.4. The summed E-state index contributed by atoms with van der Waals surface area (Å²) >= 11 is 8.49. The fourth-order valence-corrected chi connectivity index (χ4v) is 5.06. The number of nitrogens with one attached hydrogen (secondary N) is 2. The van der Waals surface area contributed by atoms with Crippen molar-refractivity contribution in [3.05, 3.63) is 58.6 Å². The van der Waals surface area contributed by atoms with E-state index >= 15 is 0 Å². The SMILES string of the molecule is O=C(NC(=S)Nc1ccc(S(=O)(=O)N2CCCCC2)cc1)c1cccc(Br)c1. The summed E-state index contributed by atoms with van der Waals surface area (Å²) in [6, 6.07) is 13.3. The molecule has 0 bridgehead atoms. The number of hydrogen-bond donors (Lipinski definition) is 2. The maximum atomic E-state index is 12.7. The molecule has 1 saturated heterocycles. The molecule has 1 amide bonds. The molecule has 2 aromatic rings. The maximum absolute atomic E-state index is 12.7. The molecule has 0 saturated carbocycles. The van der Waals surface area contributed by atoms with Crippen molar-refractivity contribution in [3.63, 3.8) is 0 Å². The summed E-state index contributed by atoms with van der Waals surface area (Å²) in [4.78, 5) is 12.5. The number of nitrogens with zero attached hydrogens (tertiary/aromatic N) is 1. The van der Waals surface area contributed by atoms with E-state index in [2.05, 4.69) is 26.6 Å². The summed E-state index contributed by atoms with van der Waals surface area (Å²) in [6.45, 7) is 1.13. The highest BCUT2D eigenvalue weighted by atomic mass is 79.9. The Morgan fingerprint density at radius 1 is 1.04 bits per heavy atom. The van der Waals surface area contributed by atoms with E-state index in [0.29, 0.717) is 24.3 Å². The molecule has 6 nitrogen and oxygen atoms in total. The van der Waals surface area contributed by atoms with Gasteiger partial charge >= 0.3 is 0 Å². The van der Waals surface area contributed by atoms with Gasteiger partial charge in [0.1, 0.15) is 0 Å². The monoisotopic (exact) mass is 481 g/mol. The lowest BCUT2D eigenvalue weighted by molar-refractivity contribution is 0.0977. The Morgan fingerprint density at radius 3 is 2.36 bits per heavy atom. The quantitative estimate of drug-likeness (QED) is 0.650. The van der Waals surface area contributed by atoms with Crippen LogP contribution >= 0.6 is 28.1 Å². The number of anilines is 1. The Labute approximate surface area is 178 Å². The van der Waals surface area contributed by atoms with Crippen LogP contribution in [0.5, 0.6) is 0 Å². The van der Waals surface area contributed by atoms with Gasteiger partial charge in [0.05, 0.1) is 4.90 Å². The number of carbonyl (C=O) groups is 1. The van der Waals surface area contributed by atoms with Crippen molar-refractivity contribution < 1.29 is 13.2 Å². The minimum absolute atomic E-state index is 0.136. The third kappa shape index (κ3) is 5.16. The van der Waals surface area contributed by atoms with Crippen LogP contribution in [0.15, 0.2) is 57.9 Å². The van der Waals surface area contributed by atoms with Gasteiger partial charge in [-0.25, -0.2) is 8.42 Å². The summed E-state index contributed by atoms with van der Waals surface area (Å²) < 4.78 is 27.7. The number of halogens is 1. The zero-order valence-corrected chi connectivity index (χ0v) is 18.2. The molecule has 148 valence electrons. The van der Waals surface area contributed by atoms with Gasteiger partial charge < -0.3 is 5.32 Å². The van der Waals surface area contributed by atoms with E-state index in [9.17, 15) is 13.2 Å². The van der Waals surface area contributed by atoms with Crippen molar-refractivity contribution in [1.29, 1.82) is 0 Å². The smallest absolute Gasteiger partial charge is 0.257 e. The number of thiocarbonyl (C=S) groups is 1. The molecule has 0 aliphatic carbocycles. The van der Waals surface area contributed by atoms with Gasteiger partial charge in [0.25, 0.3) is 5.91 Å². The van der Waals surface area contributed by atoms with Gasteiger partial charge in [0.15, 0.2) is 5.11 Å². The van der Waals surface area contributed by atoms with Gasteiger partial charge in [-0.3, -0.25) is 10.1 Å². The molecular formula is C19H20BrN3O3S2. The molecule has 1 aliphatic heterocycles. The van der Waals surface area contributed by atoms with Crippen LogP contribution in [0.25, 0.3) is 0 Å². The minimum Gasteiger partial charge on any atom is -0.332 e. The Balaban J connectivity index is 1.62. The van der Waals surface area contributed by atoms with Crippen molar-refractivity contribution in [1.82, 2.24) is 9.62 Å². The third-order valence-electron chi connectivity index (χ3n) is 4.38. The number of amides is 1. The van der Waals surface area contributed by atoms with E-state index in [1.54, 1.807) is 42.5 Å². The molecule has 0 radical (unpaired) electrons. The standard InChI is InChI=1S/C19H20BrN3O3S2/c20-15-6-4-5-14(13-15)18(24)22-19(27)21-16-7-9-17(10-8-16)28(25,26)23-11-2-1-3-12-23/h4-10,13H,1-3,11-12H2,(H2,21,22,24,27). The molecule has 1 aliphatic rings. The minimum atomic E-state index is -3.47. The average Bonchev–Trinajstić information content (AvgIpc) is 2.69. The Kier molecular flexibility index (Phi) is 6.82. The van der Waals surface area contributed by atoms with Crippen molar-refractivity contribution in [2.24, 2.45) is 0 Å². The lowest BCUT2D eigenvalue weighted by Gasteiger charge is -2.25. The number of hydrogen-bond acceptors (Lipinski definition) is 4. The van der Waals surface area contributed by atoms with Crippen LogP contribution in [0.2, 0.25) is 0 Å². The normalized spacial score (nSPS) is 15.0. The summed E-state index contributed by atoms with van der Waals surface area (Å²) in [5.74, 6) is -0.330. The van der Waals surface area contributed by atoms with E-state index in [-0.39, 0.29) is 15.9 Å². The largest absolute Gasteiger partial charge is 0.332 e. The lowest BCUT2D eigenvalue weighted by atomic mass is 10.2. The molecule has 28 heavy (non-hydrogen) atoms. The fraction of sp³-hybridized carbons (Fsp3) is 0.263. The molecule has 0 spiro atoms. The maximum Gasteiger partial charge on any atom is 0.257 e. The van der Waals surface area contributed by atoms with Crippen LogP contribution in [0.4, 0.5) is 5.69 Å². The summed E-state index contributed by atoms with van der Waals surface area (Å²) in [5, 5.41) is 5.63. The zero-order chi connectivity index (χ0) is 20.1. The van der Waals surface area contributed by atoms with E-state index in [1.165, 1.54) is 4.31 Å². The molecule has 1 heterocycles. The molecule has 0 aromatic heterocycles. The Hall–Kier alpha value is -1.81. The number of rotatable bonds is 4. The predicted octanol–water partition coefficient (Wildman–Crippen LogP) is 3.75. The highest BCUT2D eigenvalue weighted by Gasteiger charge is 2.25. The molecule has 0 atom stereocenters. The summed E-state index contributed by atoms with van der Waals surface area (Å²) in [5.41, 5.74) is 1.07. The van der Waals surface area contributed by atoms with Crippen LogP contribution in [0.3, 0.4) is 0 Å². The Bertz CT molecular complexity index is 972. The van der Waals surface area contributed by atoms with Crippen molar-refractivity contribution in [2.75, 3.05) is 18.4 Å². The number of sulfonamides is 1. The van der Waals surface area contributed by atoms with Crippen molar-refractivity contribution in [2.45, 2.75) is 24.2 Å². The topological polar surface area (TPSA) is 78.5 Å². The van der Waals surface area contributed by atoms with Crippen LogP contribution < -0.4 is 10.6 Å². The van der Waals surface area contributed by atoms with Crippen molar-refractivity contribution in [3.8, 4) is 0 Å². The highest BCUT2D eigenvalue weighted by molar-refractivity contribution is 9.10. The first-order valence-electron chi connectivity index (χ1n) is 8.84. The summed E-state index contributed by atoms with van der Waals surface area (Å²) in [7, 11) is -3.47. The Morgan fingerprint density at radius 2 is 1.71 bits per heavy atom. The molecule has 3 rings (SSSR count). The first-order valence-corrected chi connectivity index (χ1v) is 11.5. The zero-order valence-electron chi connectivity index (χ0n) is 15.0. The highest BCUT2D eigenvalue weighted by Crippen LogP contribution is 2.22. The van der Waals surface area contributed by atoms with Crippen molar-refractivity contribution >= 4 is 54.9 Å². The van der Waals surface area contributed by atoms with Crippen LogP contribution in [-0.2, 0) is 10.0 Å². The predicted molar refractivity (Wildman–Crippen MR) is 117 cm³/mol. The van der Waals surface area contributed by atoms with E-state index in [0.717, 1.165) is 23.7 Å². The molecule has 9 heteroatoms. The second-order valence-corrected chi connectivity index (χ2v) is 9.67. The third-order valence-corrected chi connectivity index (χ3v) is 6.99. The molecular weight excluding hydrogens is 462 g/mol. The summed E-state index contributed by atoms with van der Waals surface area (Å²) in [6.07, 6.45) is 2.85. The molecule has 2 N–H and O–H groups in total. The van der Waals surface area contributed by atoms with E-state index < -0.39 is 10.0 Å². The van der Waals surface area contributed by atoms with Gasteiger partial charge in [-0.1, -0.05) is 28.4 Å². The van der Waals surface area contributed by atoms with Gasteiger partial charge in [0, 0.05) is 28.8 Å². The van der Waals surface area contributed by atoms with Gasteiger partial charge in [-0.2, -0.15) is 4.31 Å². The molecule has 1 fully saturated rings. The number of piperidine rings is 1. The fourth-order valence-electron chi connectivity index (χ4n) is 2.93. The second kappa shape index (κ2) is 9.13. The average molecular weight is 482 g/mol. The molecule has 0 unspecified atom stereocenters. The second-order valence-electron chi connectivity index (χ2n) is 6.41. The van der Waals surface area contributed by atoms with E-state index in [4.69, 9.17) is 12.2 Å². The van der Waals surface area contributed by atoms with Crippen LogP contribution in [0, 0.1) is 0 Å². The van der Waals surface area contributed by atoms with Gasteiger partial charge in [-0.15, -0.1) is 0 Å².